The SMILES string of the molecule is N#Cc1cc(COc2ccc3c(c2)[C@@H](O)CCC3)ccn1. The van der Waals surface area contributed by atoms with Crippen LogP contribution < -0.4 is 4.74 Å². The summed E-state index contributed by atoms with van der Waals surface area (Å²) in [6.07, 6.45) is 4.08. The average molecular weight is 280 g/mol. The van der Waals surface area contributed by atoms with Gasteiger partial charge in [0.15, 0.2) is 0 Å². The number of hydrogen-bond acceptors (Lipinski definition) is 4. The van der Waals surface area contributed by atoms with Crippen LogP contribution in [0.4, 0.5) is 0 Å². The van der Waals surface area contributed by atoms with Crippen LogP contribution in [0.2, 0.25) is 0 Å². The summed E-state index contributed by atoms with van der Waals surface area (Å²) in [6, 6.07) is 11.4. The lowest BCUT2D eigenvalue weighted by atomic mass is 9.89. The molecule has 0 spiro atoms. The zero-order valence-electron chi connectivity index (χ0n) is 11.6. The molecule has 1 N–H and O–H groups in total. The van der Waals surface area contributed by atoms with Crippen molar-refractivity contribution in [3.63, 3.8) is 0 Å². The fourth-order valence-corrected chi connectivity index (χ4v) is 2.63. The van der Waals surface area contributed by atoms with Crippen LogP contribution in [0, 0.1) is 11.3 Å². The number of pyridine rings is 1. The Morgan fingerprint density at radius 2 is 2.24 bits per heavy atom. The summed E-state index contributed by atoms with van der Waals surface area (Å²) < 4.78 is 5.76. The van der Waals surface area contributed by atoms with Crippen LogP contribution in [0.3, 0.4) is 0 Å². The Morgan fingerprint density at radius 3 is 3.10 bits per heavy atom. The highest BCUT2D eigenvalue weighted by Crippen LogP contribution is 2.32. The first-order valence-electron chi connectivity index (χ1n) is 7.05. The summed E-state index contributed by atoms with van der Waals surface area (Å²) in [4.78, 5) is 3.93. The molecule has 0 fully saturated rings. The molecule has 1 heterocycles. The second-order valence-electron chi connectivity index (χ2n) is 5.22. The van der Waals surface area contributed by atoms with E-state index in [0.717, 1.165) is 36.1 Å². The van der Waals surface area contributed by atoms with Crippen molar-refractivity contribution in [2.75, 3.05) is 0 Å². The Kier molecular flexibility index (Phi) is 3.85. The highest BCUT2D eigenvalue weighted by Gasteiger charge is 2.18. The van der Waals surface area contributed by atoms with Crippen molar-refractivity contribution in [1.82, 2.24) is 4.98 Å². The number of benzene rings is 1. The molecule has 0 saturated carbocycles. The quantitative estimate of drug-likeness (QED) is 0.938. The number of aliphatic hydroxyl groups is 1. The molecule has 0 amide bonds. The second-order valence-corrected chi connectivity index (χ2v) is 5.22. The Hall–Kier alpha value is -2.38. The standard InChI is InChI=1S/C17H16N2O2/c18-10-14-8-12(6-7-19-14)11-21-15-5-4-13-2-1-3-17(20)16(13)9-15/h4-9,17,20H,1-3,11H2/t17-/m0/s1. The van der Waals surface area contributed by atoms with E-state index in [1.165, 1.54) is 5.56 Å². The van der Waals surface area contributed by atoms with Crippen LogP contribution in [0.25, 0.3) is 0 Å². The van der Waals surface area contributed by atoms with Crippen molar-refractivity contribution >= 4 is 0 Å². The molecule has 0 bridgehead atoms. The first-order chi connectivity index (χ1) is 10.3. The summed E-state index contributed by atoms with van der Waals surface area (Å²) in [5, 5.41) is 18.9. The molecular formula is C17H16N2O2. The van der Waals surface area contributed by atoms with Gasteiger partial charge < -0.3 is 9.84 Å². The van der Waals surface area contributed by atoms with Gasteiger partial charge in [0, 0.05) is 6.20 Å². The van der Waals surface area contributed by atoms with Crippen molar-refractivity contribution in [3.05, 3.63) is 58.9 Å². The fraction of sp³-hybridized carbons (Fsp3) is 0.294. The predicted molar refractivity (Wildman–Crippen MR) is 77.6 cm³/mol. The van der Waals surface area contributed by atoms with Gasteiger partial charge in [-0.15, -0.1) is 0 Å². The molecule has 1 aromatic carbocycles. The zero-order chi connectivity index (χ0) is 14.7. The smallest absolute Gasteiger partial charge is 0.140 e. The highest BCUT2D eigenvalue weighted by molar-refractivity contribution is 5.38. The lowest BCUT2D eigenvalue weighted by Crippen LogP contribution is -2.09. The maximum absolute atomic E-state index is 10.0. The maximum Gasteiger partial charge on any atom is 0.140 e. The van der Waals surface area contributed by atoms with E-state index < -0.39 is 0 Å². The van der Waals surface area contributed by atoms with Crippen LogP contribution in [0.1, 0.15) is 41.3 Å². The van der Waals surface area contributed by atoms with Gasteiger partial charge in [-0.3, -0.25) is 0 Å². The number of ether oxygens (including phenoxy) is 1. The molecule has 1 aliphatic carbocycles. The molecule has 0 aliphatic heterocycles. The van der Waals surface area contributed by atoms with E-state index in [1.54, 1.807) is 12.3 Å². The molecule has 0 unspecified atom stereocenters. The average Bonchev–Trinajstić information content (AvgIpc) is 2.54. The van der Waals surface area contributed by atoms with Gasteiger partial charge in [-0.1, -0.05) is 6.07 Å². The van der Waals surface area contributed by atoms with E-state index in [0.29, 0.717) is 12.3 Å². The topological polar surface area (TPSA) is 66.1 Å². The highest BCUT2D eigenvalue weighted by atomic mass is 16.5. The number of aromatic nitrogens is 1. The van der Waals surface area contributed by atoms with Crippen LogP contribution in [0.15, 0.2) is 36.5 Å². The third kappa shape index (κ3) is 3.04. The maximum atomic E-state index is 10.0. The molecule has 1 aromatic heterocycles. The zero-order valence-corrected chi connectivity index (χ0v) is 11.6. The summed E-state index contributed by atoms with van der Waals surface area (Å²) in [7, 11) is 0. The van der Waals surface area contributed by atoms with E-state index in [9.17, 15) is 5.11 Å². The summed E-state index contributed by atoms with van der Waals surface area (Å²) in [6.45, 7) is 0.381. The van der Waals surface area contributed by atoms with Crippen LogP contribution >= 0.6 is 0 Å². The van der Waals surface area contributed by atoms with E-state index in [-0.39, 0.29) is 6.10 Å². The number of rotatable bonds is 3. The van der Waals surface area contributed by atoms with Gasteiger partial charge in [0.1, 0.15) is 24.1 Å². The molecule has 3 rings (SSSR count). The largest absolute Gasteiger partial charge is 0.489 e. The first-order valence-corrected chi connectivity index (χ1v) is 7.05. The molecule has 0 radical (unpaired) electrons. The summed E-state index contributed by atoms with van der Waals surface area (Å²) in [5.41, 5.74) is 3.47. The monoisotopic (exact) mass is 280 g/mol. The van der Waals surface area contributed by atoms with E-state index in [4.69, 9.17) is 10.00 Å². The molecule has 4 heteroatoms. The van der Waals surface area contributed by atoms with E-state index in [2.05, 4.69) is 4.98 Å². The Bertz CT molecular complexity index is 691. The molecule has 106 valence electrons. The Balaban J connectivity index is 1.73. The molecule has 1 aliphatic rings. The van der Waals surface area contributed by atoms with E-state index >= 15 is 0 Å². The van der Waals surface area contributed by atoms with Gasteiger partial charge in [-0.25, -0.2) is 4.98 Å². The summed E-state index contributed by atoms with van der Waals surface area (Å²) >= 11 is 0. The van der Waals surface area contributed by atoms with Crippen LogP contribution in [0.5, 0.6) is 5.75 Å². The Morgan fingerprint density at radius 1 is 1.33 bits per heavy atom. The number of hydrogen-bond donors (Lipinski definition) is 1. The third-order valence-corrected chi connectivity index (χ3v) is 3.74. The second kappa shape index (κ2) is 5.94. The van der Waals surface area contributed by atoms with E-state index in [1.807, 2.05) is 30.3 Å². The minimum Gasteiger partial charge on any atom is -0.489 e. The predicted octanol–water partition coefficient (Wildman–Crippen LogP) is 2.90. The molecule has 4 nitrogen and oxygen atoms in total. The molecule has 1 atom stereocenters. The minimum atomic E-state index is -0.386. The van der Waals surface area contributed by atoms with Gasteiger partial charge in [0.25, 0.3) is 0 Å². The van der Waals surface area contributed by atoms with Gasteiger partial charge in [0.05, 0.1) is 6.10 Å². The fourth-order valence-electron chi connectivity index (χ4n) is 2.63. The Labute approximate surface area is 123 Å². The van der Waals surface area contributed by atoms with Crippen molar-refractivity contribution in [3.8, 4) is 11.8 Å². The van der Waals surface area contributed by atoms with Crippen molar-refractivity contribution in [2.45, 2.75) is 32.0 Å². The van der Waals surface area contributed by atoms with Crippen molar-refractivity contribution in [2.24, 2.45) is 0 Å². The van der Waals surface area contributed by atoms with Gasteiger partial charge >= 0.3 is 0 Å². The van der Waals surface area contributed by atoms with Crippen LogP contribution in [-0.4, -0.2) is 10.1 Å². The molecule has 2 aromatic rings. The molecule has 21 heavy (non-hydrogen) atoms. The van der Waals surface area contributed by atoms with Gasteiger partial charge in [-0.2, -0.15) is 5.26 Å². The molecular weight excluding hydrogens is 264 g/mol. The number of fused-ring (bicyclic) bond motifs is 1. The first kappa shape index (κ1) is 13.6. The normalized spacial score (nSPS) is 16.9. The third-order valence-electron chi connectivity index (χ3n) is 3.74. The van der Waals surface area contributed by atoms with Gasteiger partial charge in [0.2, 0.25) is 0 Å². The van der Waals surface area contributed by atoms with Crippen molar-refractivity contribution in [1.29, 1.82) is 5.26 Å². The van der Waals surface area contributed by atoms with Gasteiger partial charge in [-0.05, 0) is 60.2 Å². The van der Waals surface area contributed by atoms with Crippen molar-refractivity contribution < 1.29 is 9.84 Å². The number of nitriles is 1. The summed E-state index contributed by atoms with van der Waals surface area (Å²) in [5.74, 6) is 0.741. The lowest BCUT2D eigenvalue weighted by Gasteiger charge is -2.22. The lowest BCUT2D eigenvalue weighted by molar-refractivity contribution is 0.156. The number of aryl methyl sites for hydroxylation is 1. The minimum absolute atomic E-state index is 0.381. The number of aliphatic hydroxyl groups excluding tert-OH is 1. The number of nitrogens with zero attached hydrogens (tertiary/aromatic N) is 2. The van der Waals surface area contributed by atoms with Crippen LogP contribution in [-0.2, 0) is 13.0 Å². The molecule has 0 saturated heterocycles.